The van der Waals surface area contributed by atoms with Gasteiger partial charge in [-0.1, -0.05) is 31.0 Å². The summed E-state index contributed by atoms with van der Waals surface area (Å²) in [6, 6.07) is 9.63. The number of rotatable bonds is 1. The first-order chi connectivity index (χ1) is 7.93. The van der Waals surface area contributed by atoms with E-state index in [1.165, 1.54) is 43.5 Å². The van der Waals surface area contributed by atoms with Crippen LogP contribution in [-0.4, -0.2) is 17.8 Å². The van der Waals surface area contributed by atoms with E-state index in [0.29, 0.717) is 0 Å². The summed E-state index contributed by atoms with van der Waals surface area (Å²) in [6.45, 7) is 1.22. The summed E-state index contributed by atoms with van der Waals surface area (Å²) in [5.41, 5.74) is 1.56. The van der Waals surface area contributed by atoms with E-state index in [0.717, 1.165) is 11.3 Å². The van der Waals surface area contributed by atoms with Gasteiger partial charge in [-0.2, -0.15) is 0 Å². The SMILES string of the molecule is c1ccc2c(c1)CC(C1CCCCCN1)S2. The van der Waals surface area contributed by atoms with Gasteiger partial charge in [-0.25, -0.2) is 0 Å². The Hall–Kier alpha value is -0.470. The Bertz CT molecular complexity index is 331. The third-order valence-corrected chi connectivity index (χ3v) is 5.17. The zero-order valence-electron chi connectivity index (χ0n) is 9.61. The number of fused-ring (bicyclic) bond motifs is 1. The molecule has 0 aromatic heterocycles. The van der Waals surface area contributed by atoms with Gasteiger partial charge in [-0.15, -0.1) is 11.8 Å². The molecule has 0 radical (unpaired) electrons. The fourth-order valence-corrected chi connectivity index (χ4v) is 4.25. The highest BCUT2D eigenvalue weighted by molar-refractivity contribution is 8.00. The first-order valence-electron chi connectivity index (χ1n) is 6.41. The molecule has 0 bridgehead atoms. The van der Waals surface area contributed by atoms with Gasteiger partial charge in [-0.05, 0) is 37.4 Å². The Morgan fingerprint density at radius 1 is 1.12 bits per heavy atom. The van der Waals surface area contributed by atoms with Crippen LogP contribution in [0.2, 0.25) is 0 Å². The molecular formula is C14H19NS. The van der Waals surface area contributed by atoms with Crippen molar-refractivity contribution < 1.29 is 0 Å². The Kier molecular flexibility index (Phi) is 3.20. The third-order valence-electron chi connectivity index (χ3n) is 3.72. The van der Waals surface area contributed by atoms with Crippen LogP contribution in [0.1, 0.15) is 31.2 Å². The highest BCUT2D eigenvalue weighted by atomic mass is 32.2. The van der Waals surface area contributed by atoms with Crippen molar-refractivity contribution in [2.45, 2.75) is 48.3 Å². The van der Waals surface area contributed by atoms with Crippen LogP contribution in [0, 0.1) is 0 Å². The molecule has 2 heteroatoms. The summed E-state index contributed by atoms with van der Waals surface area (Å²) in [6.07, 6.45) is 6.81. The molecule has 1 saturated heterocycles. The maximum Gasteiger partial charge on any atom is 0.0289 e. The monoisotopic (exact) mass is 233 g/mol. The molecule has 2 heterocycles. The highest BCUT2D eigenvalue weighted by Crippen LogP contribution is 2.39. The predicted octanol–water partition coefficient (Wildman–Crippen LogP) is 3.24. The normalized spacial score (nSPS) is 29.8. The Balaban J connectivity index is 1.70. The third kappa shape index (κ3) is 2.14. The molecule has 2 aliphatic rings. The van der Waals surface area contributed by atoms with Gasteiger partial charge < -0.3 is 5.32 Å². The largest absolute Gasteiger partial charge is 0.313 e. The van der Waals surface area contributed by atoms with Gasteiger partial charge in [0.15, 0.2) is 0 Å². The molecule has 0 spiro atoms. The highest BCUT2D eigenvalue weighted by Gasteiger charge is 2.29. The van der Waals surface area contributed by atoms with Crippen molar-refractivity contribution in [3.63, 3.8) is 0 Å². The molecule has 86 valence electrons. The predicted molar refractivity (Wildman–Crippen MR) is 70.0 cm³/mol. The van der Waals surface area contributed by atoms with Gasteiger partial charge >= 0.3 is 0 Å². The lowest BCUT2D eigenvalue weighted by atomic mass is 10.0. The Morgan fingerprint density at radius 3 is 3.00 bits per heavy atom. The number of thioether (sulfide) groups is 1. The summed E-state index contributed by atoms with van der Waals surface area (Å²) < 4.78 is 0. The summed E-state index contributed by atoms with van der Waals surface area (Å²) in [7, 11) is 0. The molecule has 1 aromatic rings. The molecular weight excluding hydrogens is 214 g/mol. The number of benzene rings is 1. The standard InChI is InChI=1S/C14H19NS/c1-2-7-12(15-9-5-1)14-10-11-6-3-4-8-13(11)16-14/h3-4,6,8,12,14-15H,1-2,5,7,9-10H2. The summed E-state index contributed by atoms with van der Waals surface area (Å²) in [5, 5.41) is 4.51. The lowest BCUT2D eigenvalue weighted by Crippen LogP contribution is -2.37. The Labute approximate surface area is 102 Å². The van der Waals surface area contributed by atoms with Crippen molar-refractivity contribution in [1.29, 1.82) is 0 Å². The fraction of sp³-hybridized carbons (Fsp3) is 0.571. The van der Waals surface area contributed by atoms with Crippen LogP contribution in [-0.2, 0) is 6.42 Å². The van der Waals surface area contributed by atoms with Crippen LogP contribution in [0.4, 0.5) is 0 Å². The van der Waals surface area contributed by atoms with Crippen molar-refractivity contribution in [1.82, 2.24) is 5.32 Å². The zero-order valence-corrected chi connectivity index (χ0v) is 10.4. The van der Waals surface area contributed by atoms with Gasteiger partial charge in [0.05, 0.1) is 0 Å². The van der Waals surface area contributed by atoms with E-state index in [9.17, 15) is 0 Å². The lowest BCUT2D eigenvalue weighted by Gasteiger charge is -2.21. The molecule has 0 aliphatic carbocycles. The van der Waals surface area contributed by atoms with Crippen molar-refractivity contribution in [3.05, 3.63) is 29.8 Å². The average Bonchev–Trinajstić information content (AvgIpc) is 2.56. The van der Waals surface area contributed by atoms with Gasteiger partial charge in [0.25, 0.3) is 0 Å². The first-order valence-corrected chi connectivity index (χ1v) is 7.29. The zero-order chi connectivity index (χ0) is 10.8. The molecule has 0 amide bonds. The van der Waals surface area contributed by atoms with Crippen molar-refractivity contribution in [3.8, 4) is 0 Å². The maximum absolute atomic E-state index is 3.74. The van der Waals surface area contributed by atoms with Crippen LogP contribution in [0.25, 0.3) is 0 Å². The van der Waals surface area contributed by atoms with Crippen LogP contribution >= 0.6 is 11.8 Å². The molecule has 1 fully saturated rings. The van der Waals surface area contributed by atoms with Crippen LogP contribution in [0.3, 0.4) is 0 Å². The smallest absolute Gasteiger partial charge is 0.0289 e. The van der Waals surface area contributed by atoms with E-state index in [4.69, 9.17) is 0 Å². The van der Waals surface area contributed by atoms with Crippen molar-refractivity contribution in [2.24, 2.45) is 0 Å². The van der Waals surface area contributed by atoms with Gasteiger partial charge in [0.2, 0.25) is 0 Å². The summed E-state index contributed by atoms with van der Waals surface area (Å²) in [4.78, 5) is 1.51. The minimum atomic E-state index is 0.736. The lowest BCUT2D eigenvalue weighted by molar-refractivity contribution is 0.493. The van der Waals surface area contributed by atoms with E-state index < -0.39 is 0 Å². The number of hydrogen-bond donors (Lipinski definition) is 1. The molecule has 1 N–H and O–H groups in total. The second-order valence-corrected chi connectivity index (χ2v) is 6.16. The number of nitrogens with one attached hydrogen (secondary N) is 1. The van der Waals surface area contributed by atoms with E-state index in [1.807, 2.05) is 0 Å². The number of hydrogen-bond acceptors (Lipinski definition) is 2. The van der Waals surface area contributed by atoms with Gasteiger partial charge in [-0.3, -0.25) is 0 Å². The van der Waals surface area contributed by atoms with E-state index in [-0.39, 0.29) is 0 Å². The topological polar surface area (TPSA) is 12.0 Å². The van der Waals surface area contributed by atoms with Gasteiger partial charge in [0.1, 0.15) is 0 Å². The van der Waals surface area contributed by atoms with E-state index in [2.05, 4.69) is 41.3 Å². The Morgan fingerprint density at radius 2 is 2.06 bits per heavy atom. The quantitative estimate of drug-likeness (QED) is 0.799. The second kappa shape index (κ2) is 4.80. The molecule has 0 saturated carbocycles. The van der Waals surface area contributed by atoms with Crippen LogP contribution in [0.5, 0.6) is 0 Å². The average molecular weight is 233 g/mol. The maximum atomic E-state index is 3.74. The molecule has 2 unspecified atom stereocenters. The van der Waals surface area contributed by atoms with Crippen molar-refractivity contribution in [2.75, 3.05) is 6.54 Å². The van der Waals surface area contributed by atoms with E-state index in [1.54, 1.807) is 5.56 Å². The molecule has 2 aliphatic heterocycles. The van der Waals surface area contributed by atoms with Crippen molar-refractivity contribution >= 4 is 11.8 Å². The molecule has 1 aromatic carbocycles. The molecule has 2 atom stereocenters. The summed E-state index contributed by atoms with van der Waals surface area (Å²) in [5.74, 6) is 0. The molecule has 16 heavy (non-hydrogen) atoms. The van der Waals surface area contributed by atoms with Crippen LogP contribution in [0.15, 0.2) is 29.2 Å². The molecule has 1 nitrogen and oxygen atoms in total. The van der Waals surface area contributed by atoms with Gasteiger partial charge in [0, 0.05) is 16.2 Å². The van der Waals surface area contributed by atoms with Crippen LogP contribution < -0.4 is 5.32 Å². The second-order valence-electron chi connectivity index (χ2n) is 4.88. The molecule has 3 rings (SSSR count). The summed E-state index contributed by atoms with van der Waals surface area (Å²) >= 11 is 2.09. The van der Waals surface area contributed by atoms with E-state index >= 15 is 0 Å². The first kappa shape index (κ1) is 10.7. The fourth-order valence-electron chi connectivity index (χ4n) is 2.81. The minimum absolute atomic E-state index is 0.736. The minimum Gasteiger partial charge on any atom is -0.313 e.